The standard InChI is InChI=1S/C24H18N2O4/c1-30-17-13-11-16(12-14-17)25-20(15-7-3-2-4-8-15)21(24(25)29)26-22(27)18-9-5-6-10-19(18)23(26)28/h2-14,20-21H,1H3/t20-,21+/m1/s1. The number of carbonyl (C=O) groups excluding carboxylic acids is 3. The SMILES string of the molecule is COc1ccc(N2C(=O)[C@@H](N3C(=O)c4ccccc4C3=O)[C@H]2c2ccccc2)cc1. The molecule has 2 aliphatic heterocycles. The number of carbonyl (C=O) groups is 3. The van der Waals surface area contributed by atoms with Crippen LogP contribution in [0, 0.1) is 0 Å². The number of fused-ring (bicyclic) bond motifs is 1. The van der Waals surface area contributed by atoms with Crippen LogP contribution in [0.2, 0.25) is 0 Å². The molecule has 2 aliphatic rings. The first kappa shape index (κ1) is 18.1. The van der Waals surface area contributed by atoms with Gasteiger partial charge in [0.15, 0.2) is 0 Å². The number of hydrogen-bond acceptors (Lipinski definition) is 4. The Bertz CT molecular complexity index is 1120. The first-order valence-corrected chi connectivity index (χ1v) is 9.61. The molecule has 0 aliphatic carbocycles. The number of methoxy groups -OCH3 is 1. The van der Waals surface area contributed by atoms with Crippen molar-refractivity contribution in [2.24, 2.45) is 0 Å². The molecule has 0 radical (unpaired) electrons. The highest BCUT2D eigenvalue weighted by molar-refractivity contribution is 6.24. The van der Waals surface area contributed by atoms with Gasteiger partial charge in [0.2, 0.25) is 0 Å². The second-order valence-corrected chi connectivity index (χ2v) is 7.23. The van der Waals surface area contributed by atoms with E-state index in [9.17, 15) is 14.4 Å². The Kier molecular flexibility index (Phi) is 4.13. The van der Waals surface area contributed by atoms with E-state index in [-0.39, 0.29) is 5.91 Å². The lowest BCUT2D eigenvalue weighted by molar-refractivity contribution is -0.130. The predicted octanol–water partition coefficient (Wildman–Crippen LogP) is 3.45. The quantitative estimate of drug-likeness (QED) is 0.499. The molecule has 6 nitrogen and oxygen atoms in total. The van der Waals surface area contributed by atoms with Crippen LogP contribution in [0.5, 0.6) is 5.75 Å². The van der Waals surface area contributed by atoms with E-state index < -0.39 is 23.9 Å². The van der Waals surface area contributed by atoms with Crippen LogP contribution in [0.4, 0.5) is 5.69 Å². The minimum absolute atomic E-state index is 0.288. The molecular formula is C24H18N2O4. The summed E-state index contributed by atoms with van der Waals surface area (Å²) in [4.78, 5) is 42.0. The molecule has 0 N–H and O–H groups in total. The maximum Gasteiger partial charge on any atom is 0.262 e. The van der Waals surface area contributed by atoms with Crippen molar-refractivity contribution in [1.29, 1.82) is 0 Å². The minimum Gasteiger partial charge on any atom is -0.497 e. The third-order valence-electron chi connectivity index (χ3n) is 5.66. The van der Waals surface area contributed by atoms with E-state index in [2.05, 4.69) is 0 Å². The van der Waals surface area contributed by atoms with Crippen molar-refractivity contribution in [2.45, 2.75) is 12.1 Å². The molecule has 148 valence electrons. The molecule has 3 aromatic carbocycles. The smallest absolute Gasteiger partial charge is 0.262 e. The van der Waals surface area contributed by atoms with E-state index in [4.69, 9.17) is 4.74 Å². The van der Waals surface area contributed by atoms with Crippen molar-refractivity contribution < 1.29 is 19.1 Å². The fourth-order valence-corrected chi connectivity index (χ4v) is 4.20. The Labute approximate surface area is 173 Å². The summed E-state index contributed by atoms with van der Waals surface area (Å²) in [5.41, 5.74) is 2.21. The molecule has 0 unspecified atom stereocenters. The lowest BCUT2D eigenvalue weighted by atomic mass is 9.86. The van der Waals surface area contributed by atoms with Crippen molar-refractivity contribution in [3.8, 4) is 5.75 Å². The van der Waals surface area contributed by atoms with Gasteiger partial charge in [0.25, 0.3) is 17.7 Å². The maximum absolute atomic E-state index is 13.3. The van der Waals surface area contributed by atoms with Crippen LogP contribution in [-0.2, 0) is 4.79 Å². The van der Waals surface area contributed by atoms with Crippen molar-refractivity contribution in [3.63, 3.8) is 0 Å². The van der Waals surface area contributed by atoms with E-state index in [0.29, 0.717) is 22.6 Å². The predicted molar refractivity (Wildman–Crippen MR) is 110 cm³/mol. The zero-order chi connectivity index (χ0) is 20.8. The average Bonchev–Trinajstić information content (AvgIpc) is 3.04. The molecule has 0 aromatic heterocycles. The minimum atomic E-state index is -0.887. The van der Waals surface area contributed by atoms with Crippen LogP contribution in [-0.4, -0.2) is 35.8 Å². The lowest BCUT2D eigenvalue weighted by Crippen LogP contribution is -2.67. The number of nitrogens with zero attached hydrogens (tertiary/aromatic N) is 2. The van der Waals surface area contributed by atoms with Crippen LogP contribution in [0.3, 0.4) is 0 Å². The van der Waals surface area contributed by atoms with E-state index in [1.165, 1.54) is 0 Å². The Hall–Kier alpha value is -3.93. The molecule has 2 heterocycles. The topological polar surface area (TPSA) is 66.9 Å². The van der Waals surface area contributed by atoms with Gasteiger partial charge in [0.05, 0.1) is 24.3 Å². The Morgan fingerprint density at radius 3 is 1.80 bits per heavy atom. The molecule has 3 aromatic rings. The van der Waals surface area contributed by atoms with Gasteiger partial charge in [-0.2, -0.15) is 0 Å². The molecule has 1 fully saturated rings. The van der Waals surface area contributed by atoms with Gasteiger partial charge in [-0.1, -0.05) is 42.5 Å². The molecule has 0 bridgehead atoms. The van der Waals surface area contributed by atoms with Gasteiger partial charge in [-0.25, -0.2) is 0 Å². The molecule has 2 atom stereocenters. The van der Waals surface area contributed by atoms with Gasteiger partial charge in [-0.15, -0.1) is 0 Å². The van der Waals surface area contributed by atoms with Crippen LogP contribution >= 0.6 is 0 Å². The van der Waals surface area contributed by atoms with Gasteiger partial charge < -0.3 is 9.64 Å². The highest BCUT2D eigenvalue weighted by Crippen LogP contribution is 2.44. The summed E-state index contributed by atoms with van der Waals surface area (Å²) in [6.45, 7) is 0. The third-order valence-corrected chi connectivity index (χ3v) is 5.66. The number of hydrogen-bond donors (Lipinski definition) is 0. The van der Waals surface area contributed by atoms with Gasteiger partial charge in [0.1, 0.15) is 11.8 Å². The Balaban J connectivity index is 1.56. The Morgan fingerprint density at radius 2 is 1.23 bits per heavy atom. The highest BCUT2D eigenvalue weighted by Gasteiger charge is 2.57. The van der Waals surface area contributed by atoms with Crippen LogP contribution in [0.25, 0.3) is 0 Å². The summed E-state index contributed by atoms with van der Waals surface area (Å²) in [6, 6.07) is 21.9. The molecule has 30 heavy (non-hydrogen) atoms. The highest BCUT2D eigenvalue weighted by atomic mass is 16.5. The van der Waals surface area contributed by atoms with Gasteiger partial charge in [-0.05, 0) is 42.0 Å². The summed E-state index contributed by atoms with van der Waals surface area (Å²) in [5, 5.41) is 0. The largest absolute Gasteiger partial charge is 0.497 e. The maximum atomic E-state index is 13.3. The fourth-order valence-electron chi connectivity index (χ4n) is 4.20. The molecule has 1 saturated heterocycles. The van der Waals surface area contributed by atoms with E-state index >= 15 is 0 Å². The summed E-state index contributed by atoms with van der Waals surface area (Å²) in [5.74, 6) is -0.461. The van der Waals surface area contributed by atoms with E-state index in [1.807, 2.05) is 30.3 Å². The fraction of sp³-hybridized carbons (Fsp3) is 0.125. The second-order valence-electron chi connectivity index (χ2n) is 7.23. The van der Waals surface area contributed by atoms with Crippen molar-refractivity contribution in [2.75, 3.05) is 12.0 Å². The normalized spacial score (nSPS) is 20.2. The summed E-state index contributed by atoms with van der Waals surface area (Å²) < 4.78 is 5.20. The monoisotopic (exact) mass is 398 g/mol. The van der Waals surface area contributed by atoms with Gasteiger partial charge in [-0.3, -0.25) is 19.3 Å². The lowest BCUT2D eigenvalue weighted by Gasteiger charge is -2.49. The van der Waals surface area contributed by atoms with Crippen LogP contribution < -0.4 is 9.64 Å². The Morgan fingerprint density at radius 1 is 0.667 bits per heavy atom. The molecule has 5 rings (SSSR count). The van der Waals surface area contributed by atoms with Crippen molar-refractivity contribution >= 4 is 23.4 Å². The van der Waals surface area contributed by atoms with Crippen LogP contribution in [0.15, 0.2) is 78.9 Å². The van der Waals surface area contributed by atoms with Crippen LogP contribution in [0.1, 0.15) is 32.3 Å². The first-order chi connectivity index (χ1) is 14.6. The number of β-lactam (4-membered cyclic amide) rings is 1. The molecular weight excluding hydrogens is 380 g/mol. The third kappa shape index (κ3) is 2.54. The summed E-state index contributed by atoms with van der Waals surface area (Å²) >= 11 is 0. The number of benzene rings is 3. The average molecular weight is 398 g/mol. The number of imide groups is 1. The molecule has 3 amide bonds. The van der Waals surface area contributed by atoms with Crippen molar-refractivity contribution in [1.82, 2.24) is 4.90 Å². The second kappa shape index (κ2) is 6.84. The first-order valence-electron chi connectivity index (χ1n) is 9.61. The number of amides is 3. The van der Waals surface area contributed by atoms with E-state index in [1.54, 1.807) is 60.5 Å². The van der Waals surface area contributed by atoms with Gasteiger partial charge in [0, 0.05) is 5.69 Å². The molecule has 0 spiro atoms. The molecule has 0 saturated carbocycles. The number of anilines is 1. The summed E-state index contributed by atoms with van der Waals surface area (Å²) in [6.07, 6.45) is 0. The van der Waals surface area contributed by atoms with Crippen molar-refractivity contribution in [3.05, 3.63) is 95.6 Å². The molecule has 6 heteroatoms. The number of rotatable bonds is 4. The zero-order valence-corrected chi connectivity index (χ0v) is 16.2. The summed E-state index contributed by atoms with van der Waals surface area (Å²) in [7, 11) is 1.58. The van der Waals surface area contributed by atoms with Gasteiger partial charge >= 0.3 is 0 Å². The van der Waals surface area contributed by atoms with E-state index in [0.717, 1.165) is 10.5 Å². The zero-order valence-electron chi connectivity index (χ0n) is 16.2. The number of ether oxygens (including phenoxy) is 1.